The molecule has 0 spiro atoms. The zero-order chi connectivity index (χ0) is 16.5. The van der Waals surface area contributed by atoms with Crippen LogP contribution >= 0.6 is 11.3 Å². The first-order chi connectivity index (χ1) is 11.7. The number of hydrogen-bond acceptors (Lipinski definition) is 5. The van der Waals surface area contributed by atoms with Gasteiger partial charge in [0.2, 0.25) is 10.1 Å². The number of carbonyl (C=O) groups is 1. The van der Waals surface area contributed by atoms with E-state index in [-0.39, 0.29) is 5.91 Å². The number of nitrogens with one attached hydrogen (secondary N) is 1. The van der Waals surface area contributed by atoms with Crippen LogP contribution in [-0.4, -0.2) is 25.7 Å². The average Bonchev–Trinajstić information content (AvgIpc) is 3.16. The zero-order valence-corrected chi connectivity index (χ0v) is 13.0. The maximum Gasteiger partial charge on any atom is 0.257 e. The third kappa shape index (κ3) is 2.63. The van der Waals surface area contributed by atoms with E-state index in [0.29, 0.717) is 21.5 Å². The molecule has 0 saturated carbocycles. The van der Waals surface area contributed by atoms with Crippen molar-refractivity contribution in [1.29, 1.82) is 0 Å². The minimum absolute atomic E-state index is 0.352. The van der Waals surface area contributed by atoms with E-state index in [1.807, 2.05) is 30.3 Å². The second kappa shape index (κ2) is 5.82. The van der Waals surface area contributed by atoms with Crippen molar-refractivity contribution in [2.24, 2.45) is 0 Å². The van der Waals surface area contributed by atoms with Crippen molar-refractivity contribution in [3.05, 3.63) is 66.0 Å². The van der Waals surface area contributed by atoms with Gasteiger partial charge in [-0.15, -0.1) is 15.3 Å². The fraction of sp³-hybridized carbons (Fsp3) is 0. The second-order valence-electron chi connectivity index (χ2n) is 4.95. The van der Waals surface area contributed by atoms with Crippen LogP contribution in [0.5, 0.6) is 0 Å². The lowest BCUT2D eigenvalue weighted by atomic mass is 10.2. The van der Waals surface area contributed by atoms with E-state index in [1.165, 1.54) is 35.6 Å². The molecule has 0 aliphatic rings. The molecule has 0 unspecified atom stereocenters. The SMILES string of the molecule is O=C(Nc1nn2c(-c3ccccc3)nnc2s1)c1ccc(F)cc1. The molecule has 6 nitrogen and oxygen atoms in total. The number of amides is 1. The molecule has 0 radical (unpaired) electrons. The highest BCUT2D eigenvalue weighted by Gasteiger charge is 2.15. The number of benzene rings is 2. The molecular weight excluding hydrogens is 329 g/mol. The van der Waals surface area contributed by atoms with Crippen LogP contribution in [0.2, 0.25) is 0 Å². The molecule has 1 amide bonds. The van der Waals surface area contributed by atoms with E-state index in [1.54, 1.807) is 4.52 Å². The van der Waals surface area contributed by atoms with E-state index in [0.717, 1.165) is 5.56 Å². The lowest BCUT2D eigenvalue weighted by molar-refractivity contribution is 0.102. The van der Waals surface area contributed by atoms with Gasteiger partial charge in [-0.3, -0.25) is 10.1 Å². The summed E-state index contributed by atoms with van der Waals surface area (Å²) in [6.07, 6.45) is 0. The summed E-state index contributed by atoms with van der Waals surface area (Å²) < 4.78 is 14.5. The fourth-order valence-electron chi connectivity index (χ4n) is 2.21. The molecule has 0 fully saturated rings. The van der Waals surface area contributed by atoms with Gasteiger partial charge >= 0.3 is 0 Å². The Bertz CT molecular complexity index is 1010. The topological polar surface area (TPSA) is 72.2 Å². The first kappa shape index (κ1) is 14.5. The van der Waals surface area contributed by atoms with E-state index in [4.69, 9.17) is 0 Å². The Morgan fingerprint density at radius 2 is 1.79 bits per heavy atom. The first-order valence-electron chi connectivity index (χ1n) is 7.05. The van der Waals surface area contributed by atoms with Crippen molar-refractivity contribution >= 4 is 27.3 Å². The molecule has 0 aliphatic carbocycles. The van der Waals surface area contributed by atoms with E-state index < -0.39 is 5.82 Å². The summed E-state index contributed by atoms with van der Waals surface area (Å²) in [5.74, 6) is -0.150. The van der Waals surface area contributed by atoms with Gasteiger partial charge in [0, 0.05) is 11.1 Å². The van der Waals surface area contributed by atoms with Gasteiger partial charge in [-0.25, -0.2) is 4.39 Å². The summed E-state index contributed by atoms with van der Waals surface area (Å²) in [5, 5.41) is 15.6. The molecule has 2 heterocycles. The summed E-state index contributed by atoms with van der Waals surface area (Å²) >= 11 is 1.21. The zero-order valence-electron chi connectivity index (χ0n) is 12.2. The third-order valence-electron chi connectivity index (χ3n) is 3.35. The van der Waals surface area contributed by atoms with Gasteiger partial charge in [0.05, 0.1) is 0 Å². The molecule has 2 aromatic heterocycles. The van der Waals surface area contributed by atoms with E-state index >= 15 is 0 Å². The Morgan fingerprint density at radius 3 is 2.54 bits per heavy atom. The minimum atomic E-state index is -0.391. The predicted octanol–water partition coefficient (Wildman–Crippen LogP) is 3.24. The fourth-order valence-corrected chi connectivity index (χ4v) is 2.94. The van der Waals surface area contributed by atoms with Crippen molar-refractivity contribution < 1.29 is 9.18 Å². The normalized spacial score (nSPS) is 10.9. The van der Waals surface area contributed by atoms with Crippen molar-refractivity contribution in [3.8, 4) is 11.4 Å². The van der Waals surface area contributed by atoms with Crippen LogP contribution in [-0.2, 0) is 0 Å². The first-order valence-corrected chi connectivity index (χ1v) is 7.87. The Labute approximate surface area is 139 Å². The molecule has 1 N–H and O–H groups in total. The summed E-state index contributed by atoms with van der Waals surface area (Å²) in [6.45, 7) is 0. The van der Waals surface area contributed by atoms with Crippen LogP contribution in [0.3, 0.4) is 0 Å². The van der Waals surface area contributed by atoms with Crippen LogP contribution < -0.4 is 5.32 Å². The number of fused-ring (bicyclic) bond motifs is 1. The number of nitrogens with zero attached hydrogens (tertiary/aromatic N) is 4. The maximum absolute atomic E-state index is 12.9. The Balaban J connectivity index is 1.63. The van der Waals surface area contributed by atoms with Gasteiger partial charge < -0.3 is 0 Å². The van der Waals surface area contributed by atoms with E-state index in [9.17, 15) is 9.18 Å². The highest BCUT2D eigenvalue weighted by Crippen LogP contribution is 2.24. The van der Waals surface area contributed by atoms with Crippen LogP contribution in [0, 0.1) is 5.82 Å². The molecule has 0 saturated heterocycles. The van der Waals surface area contributed by atoms with Crippen molar-refractivity contribution in [3.63, 3.8) is 0 Å². The summed E-state index contributed by atoms with van der Waals surface area (Å²) in [4.78, 5) is 12.7. The maximum atomic E-state index is 12.9. The van der Waals surface area contributed by atoms with Gasteiger partial charge in [-0.1, -0.05) is 41.7 Å². The van der Waals surface area contributed by atoms with E-state index in [2.05, 4.69) is 20.6 Å². The molecule has 24 heavy (non-hydrogen) atoms. The molecule has 8 heteroatoms. The Morgan fingerprint density at radius 1 is 1.04 bits per heavy atom. The van der Waals surface area contributed by atoms with Gasteiger partial charge in [-0.2, -0.15) is 4.52 Å². The second-order valence-corrected chi connectivity index (χ2v) is 5.91. The molecule has 118 valence electrons. The molecule has 4 rings (SSSR count). The molecule has 4 aromatic rings. The molecule has 0 atom stereocenters. The minimum Gasteiger partial charge on any atom is -0.296 e. The number of hydrogen-bond donors (Lipinski definition) is 1. The van der Waals surface area contributed by atoms with Gasteiger partial charge in [0.1, 0.15) is 5.82 Å². The van der Waals surface area contributed by atoms with Crippen molar-refractivity contribution in [2.45, 2.75) is 0 Å². The van der Waals surface area contributed by atoms with Crippen LogP contribution in [0.1, 0.15) is 10.4 Å². The Kier molecular flexibility index (Phi) is 3.51. The summed E-state index contributed by atoms with van der Waals surface area (Å²) in [5.41, 5.74) is 1.23. The molecular formula is C16H10FN5OS. The standard InChI is InChI=1S/C16H10FN5OS/c17-12-8-6-11(7-9-12)14(23)18-15-21-22-13(19-20-16(22)24-15)10-4-2-1-3-5-10/h1-9H,(H,18,21,23). The number of carbonyl (C=O) groups excluding carboxylic acids is 1. The molecule has 0 bridgehead atoms. The van der Waals surface area contributed by atoms with Crippen LogP contribution in [0.4, 0.5) is 9.52 Å². The quantitative estimate of drug-likeness (QED) is 0.622. The highest BCUT2D eigenvalue weighted by molar-refractivity contribution is 7.20. The van der Waals surface area contributed by atoms with Crippen LogP contribution in [0.15, 0.2) is 54.6 Å². The predicted molar refractivity (Wildman–Crippen MR) is 88.4 cm³/mol. The lowest BCUT2D eigenvalue weighted by Gasteiger charge is -2.00. The molecule has 2 aromatic carbocycles. The van der Waals surface area contributed by atoms with Gasteiger partial charge in [-0.05, 0) is 24.3 Å². The number of rotatable bonds is 3. The average molecular weight is 339 g/mol. The van der Waals surface area contributed by atoms with Crippen molar-refractivity contribution in [1.82, 2.24) is 19.8 Å². The van der Waals surface area contributed by atoms with Gasteiger partial charge in [0.25, 0.3) is 5.91 Å². The largest absolute Gasteiger partial charge is 0.296 e. The van der Waals surface area contributed by atoms with Crippen LogP contribution in [0.25, 0.3) is 16.3 Å². The van der Waals surface area contributed by atoms with Crippen molar-refractivity contribution in [2.75, 3.05) is 5.32 Å². The number of halogens is 1. The number of aromatic nitrogens is 4. The smallest absolute Gasteiger partial charge is 0.257 e. The monoisotopic (exact) mass is 339 g/mol. The Hall–Kier alpha value is -3.13. The summed E-state index contributed by atoms with van der Waals surface area (Å²) in [7, 11) is 0. The highest BCUT2D eigenvalue weighted by atomic mass is 32.1. The third-order valence-corrected chi connectivity index (χ3v) is 4.16. The summed E-state index contributed by atoms with van der Waals surface area (Å²) in [6, 6.07) is 14.8. The lowest BCUT2D eigenvalue weighted by Crippen LogP contribution is -2.11. The number of anilines is 1. The molecule has 0 aliphatic heterocycles. The van der Waals surface area contributed by atoms with Gasteiger partial charge in [0.15, 0.2) is 5.82 Å².